The van der Waals surface area contributed by atoms with E-state index in [-0.39, 0.29) is 25.2 Å². The number of piperidine rings is 1. The van der Waals surface area contributed by atoms with Gasteiger partial charge in [0.1, 0.15) is 5.82 Å². The highest BCUT2D eigenvalue weighted by atomic mass is 35.5. The molecule has 9 heteroatoms. The molecular formula is C27H30ClN3O5. The minimum atomic E-state index is -0.126. The Morgan fingerprint density at radius 3 is 2.92 bits per heavy atom. The highest BCUT2D eigenvalue weighted by Gasteiger charge is 2.26. The molecular weight excluding hydrogens is 482 g/mol. The molecule has 0 unspecified atom stereocenters. The van der Waals surface area contributed by atoms with Crippen molar-refractivity contribution in [2.24, 2.45) is 5.92 Å². The van der Waals surface area contributed by atoms with Crippen LogP contribution in [0.3, 0.4) is 0 Å². The summed E-state index contributed by atoms with van der Waals surface area (Å²) in [6.07, 6.45) is 1.97. The van der Waals surface area contributed by atoms with Crippen LogP contribution in [0.15, 0.2) is 42.5 Å². The molecule has 0 spiro atoms. The van der Waals surface area contributed by atoms with Crippen LogP contribution in [0.1, 0.15) is 28.8 Å². The van der Waals surface area contributed by atoms with Gasteiger partial charge in [-0.2, -0.15) is 0 Å². The molecule has 5 rings (SSSR count). The molecule has 2 aromatic carbocycles. The van der Waals surface area contributed by atoms with Gasteiger partial charge in [0.05, 0.1) is 12.1 Å². The van der Waals surface area contributed by atoms with Crippen LogP contribution >= 0.6 is 11.6 Å². The number of carbonyl (C=O) groups is 1. The number of nitrogens with zero attached hydrogens (tertiary/aromatic N) is 3. The summed E-state index contributed by atoms with van der Waals surface area (Å²) in [5.41, 5.74) is 2.27. The number of aliphatic hydroxyl groups excluding tert-OH is 1. The molecule has 0 saturated carbocycles. The van der Waals surface area contributed by atoms with E-state index in [0.29, 0.717) is 41.8 Å². The lowest BCUT2D eigenvalue weighted by molar-refractivity contribution is 0.0680. The van der Waals surface area contributed by atoms with Gasteiger partial charge in [0.15, 0.2) is 11.5 Å². The number of hydrogen-bond donors (Lipinski definition) is 1. The van der Waals surface area contributed by atoms with Gasteiger partial charge in [-0.3, -0.25) is 4.79 Å². The molecule has 1 amide bonds. The van der Waals surface area contributed by atoms with Gasteiger partial charge in [-0.1, -0.05) is 17.7 Å². The molecule has 1 fully saturated rings. The Labute approximate surface area is 215 Å². The van der Waals surface area contributed by atoms with E-state index in [9.17, 15) is 9.90 Å². The summed E-state index contributed by atoms with van der Waals surface area (Å²) in [7, 11) is 1.62. The van der Waals surface area contributed by atoms with Crippen LogP contribution in [0, 0.1) is 5.92 Å². The van der Waals surface area contributed by atoms with Crippen LogP contribution in [-0.2, 0) is 11.3 Å². The maximum Gasteiger partial charge on any atom is 0.254 e. The molecule has 1 N–H and O–H groups in total. The number of aliphatic hydroxyl groups is 1. The maximum atomic E-state index is 13.6. The minimum absolute atomic E-state index is 0.126. The molecule has 1 saturated heterocycles. The van der Waals surface area contributed by atoms with Crippen LogP contribution in [-0.4, -0.2) is 67.6 Å². The van der Waals surface area contributed by atoms with Crippen molar-refractivity contribution in [1.82, 2.24) is 9.88 Å². The van der Waals surface area contributed by atoms with E-state index in [4.69, 9.17) is 30.8 Å². The van der Waals surface area contributed by atoms with Crippen molar-refractivity contribution in [1.29, 1.82) is 0 Å². The Morgan fingerprint density at radius 1 is 1.22 bits per heavy atom. The van der Waals surface area contributed by atoms with E-state index in [1.54, 1.807) is 30.2 Å². The van der Waals surface area contributed by atoms with Gasteiger partial charge in [-0.05, 0) is 55.2 Å². The number of methoxy groups -OCH3 is 1. The van der Waals surface area contributed by atoms with E-state index in [0.717, 1.165) is 48.2 Å². The van der Waals surface area contributed by atoms with E-state index >= 15 is 0 Å². The molecule has 1 atom stereocenters. The predicted molar refractivity (Wildman–Crippen MR) is 138 cm³/mol. The largest absolute Gasteiger partial charge is 0.454 e. The molecule has 0 aliphatic carbocycles. The topological polar surface area (TPSA) is 84.4 Å². The summed E-state index contributed by atoms with van der Waals surface area (Å²) in [5, 5.41) is 11.4. The van der Waals surface area contributed by atoms with E-state index in [1.165, 1.54) is 0 Å². The number of anilines is 1. The number of halogens is 1. The first kappa shape index (κ1) is 24.6. The predicted octanol–water partition coefficient (Wildman–Crippen LogP) is 4.11. The van der Waals surface area contributed by atoms with Gasteiger partial charge < -0.3 is 29.1 Å². The Hall–Kier alpha value is -3.07. The van der Waals surface area contributed by atoms with E-state index in [1.807, 2.05) is 18.2 Å². The van der Waals surface area contributed by atoms with Gasteiger partial charge >= 0.3 is 0 Å². The van der Waals surface area contributed by atoms with Crippen molar-refractivity contribution in [3.63, 3.8) is 0 Å². The fraction of sp³-hybridized carbons (Fsp3) is 0.407. The number of ether oxygens (including phenoxy) is 3. The fourth-order valence-corrected chi connectivity index (χ4v) is 5.01. The fourth-order valence-electron chi connectivity index (χ4n) is 4.84. The first-order valence-corrected chi connectivity index (χ1v) is 12.6. The van der Waals surface area contributed by atoms with Crippen molar-refractivity contribution in [2.75, 3.05) is 51.7 Å². The summed E-state index contributed by atoms with van der Waals surface area (Å²) < 4.78 is 16.2. The number of carbonyl (C=O) groups excluding carboxylic acids is 1. The normalized spacial score (nSPS) is 17.0. The summed E-state index contributed by atoms with van der Waals surface area (Å²) in [5.74, 6) is 2.10. The van der Waals surface area contributed by atoms with E-state index in [2.05, 4.69) is 11.0 Å². The van der Waals surface area contributed by atoms with Crippen molar-refractivity contribution in [2.45, 2.75) is 19.4 Å². The third-order valence-electron chi connectivity index (χ3n) is 6.75. The molecule has 3 heterocycles. The zero-order chi connectivity index (χ0) is 25.1. The molecule has 36 heavy (non-hydrogen) atoms. The zero-order valence-corrected chi connectivity index (χ0v) is 21.0. The van der Waals surface area contributed by atoms with Gasteiger partial charge in [0.25, 0.3) is 5.91 Å². The molecule has 0 bridgehead atoms. The average Bonchev–Trinajstić information content (AvgIpc) is 3.38. The number of rotatable bonds is 8. The second-order valence-corrected chi connectivity index (χ2v) is 9.67. The van der Waals surface area contributed by atoms with Crippen LogP contribution in [0.2, 0.25) is 5.02 Å². The van der Waals surface area contributed by atoms with Gasteiger partial charge in [-0.25, -0.2) is 4.98 Å². The van der Waals surface area contributed by atoms with Crippen molar-refractivity contribution >= 4 is 34.2 Å². The molecule has 190 valence electrons. The highest BCUT2D eigenvalue weighted by molar-refractivity contribution is 6.31. The van der Waals surface area contributed by atoms with Crippen LogP contribution < -0.4 is 14.4 Å². The number of benzene rings is 2. The lowest BCUT2D eigenvalue weighted by Gasteiger charge is -2.35. The standard InChI is InChI=1S/C27H30ClN3O5/c1-34-10-9-31(27(33)20-5-7-24-25(12-20)36-17-35-24)15-21-11-19-4-6-22(28)13-23(19)29-26(21)30-8-2-3-18(14-30)16-32/h4-7,11-13,18,32H,2-3,8-10,14-17H2,1H3/t18-/m0/s1. The number of aromatic nitrogens is 1. The zero-order valence-electron chi connectivity index (χ0n) is 20.3. The third-order valence-corrected chi connectivity index (χ3v) is 6.98. The van der Waals surface area contributed by atoms with E-state index < -0.39 is 0 Å². The van der Waals surface area contributed by atoms with Gasteiger partial charge in [-0.15, -0.1) is 0 Å². The van der Waals surface area contributed by atoms with Gasteiger partial charge in [0, 0.05) is 61.4 Å². The summed E-state index contributed by atoms with van der Waals surface area (Å²) in [6.45, 7) is 3.04. The smallest absolute Gasteiger partial charge is 0.254 e. The molecule has 0 radical (unpaired) electrons. The molecule has 3 aromatic rings. The Bertz CT molecular complexity index is 1250. The monoisotopic (exact) mass is 511 g/mol. The molecule has 8 nitrogen and oxygen atoms in total. The number of pyridine rings is 1. The summed E-state index contributed by atoms with van der Waals surface area (Å²) in [6, 6.07) is 13.0. The highest BCUT2D eigenvalue weighted by Crippen LogP contribution is 2.34. The van der Waals surface area contributed by atoms with Crippen LogP contribution in [0.25, 0.3) is 10.9 Å². The van der Waals surface area contributed by atoms with Crippen molar-refractivity contribution in [3.05, 3.63) is 58.6 Å². The lowest BCUT2D eigenvalue weighted by atomic mass is 9.98. The van der Waals surface area contributed by atoms with Gasteiger partial charge in [0.2, 0.25) is 6.79 Å². The van der Waals surface area contributed by atoms with Crippen LogP contribution in [0.5, 0.6) is 11.5 Å². The maximum absolute atomic E-state index is 13.6. The second kappa shape index (κ2) is 10.9. The Morgan fingerprint density at radius 2 is 2.08 bits per heavy atom. The third kappa shape index (κ3) is 5.21. The molecule has 2 aliphatic heterocycles. The number of fused-ring (bicyclic) bond motifs is 2. The first-order chi connectivity index (χ1) is 17.6. The minimum Gasteiger partial charge on any atom is -0.454 e. The SMILES string of the molecule is COCCN(Cc1cc2ccc(Cl)cc2nc1N1CCC[C@H](CO)C1)C(=O)c1ccc2c(c1)OCO2. The summed E-state index contributed by atoms with van der Waals surface area (Å²) >= 11 is 6.26. The molecule has 2 aliphatic rings. The quantitative estimate of drug-likeness (QED) is 0.487. The van der Waals surface area contributed by atoms with Crippen molar-refractivity contribution in [3.8, 4) is 11.5 Å². The number of amides is 1. The summed E-state index contributed by atoms with van der Waals surface area (Å²) in [4.78, 5) is 22.6. The first-order valence-electron chi connectivity index (χ1n) is 12.2. The number of hydrogen-bond acceptors (Lipinski definition) is 7. The Balaban J connectivity index is 1.51. The van der Waals surface area contributed by atoms with Crippen LogP contribution in [0.4, 0.5) is 5.82 Å². The second-order valence-electron chi connectivity index (χ2n) is 9.23. The lowest BCUT2D eigenvalue weighted by Crippen LogP contribution is -2.39. The molecule has 1 aromatic heterocycles. The Kier molecular flexibility index (Phi) is 7.46. The average molecular weight is 512 g/mol. The van der Waals surface area contributed by atoms with Crippen molar-refractivity contribution < 1.29 is 24.1 Å².